The fraction of sp³-hybridized carbons (Fsp3) is 0.462. The molecule has 0 unspecified atom stereocenters. The van der Waals surface area contributed by atoms with Gasteiger partial charge in [-0.2, -0.15) is 0 Å². The lowest BCUT2D eigenvalue weighted by atomic mass is 9.80. The van der Waals surface area contributed by atoms with Crippen molar-refractivity contribution in [3.8, 4) is 0 Å². The highest BCUT2D eigenvalue weighted by molar-refractivity contribution is 5.76. The summed E-state index contributed by atoms with van der Waals surface area (Å²) in [5.41, 5.74) is -1.09. The van der Waals surface area contributed by atoms with Crippen LogP contribution in [0.25, 0.3) is 0 Å². The van der Waals surface area contributed by atoms with E-state index in [0.717, 1.165) is 0 Å². The Balaban J connectivity index is 3.02. The molecule has 0 aliphatic rings. The summed E-state index contributed by atoms with van der Waals surface area (Å²) in [6, 6.07) is 5.85. The van der Waals surface area contributed by atoms with Crippen molar-refractivity contribution >= 4 is 5.97 Å². The van der Waals surface area contributed by atoms with Crippen molar-refractivity contribution in [1.29, 1.82) is 0 Å². The maximum Gasteiger partial charge on any atom is 0.341 e. The van der Waals surface area contributed by atoms with E-state index in [1.54, 1.807) is 13.0 Å². The van der Waals surface area contributed by atoms with Gasteiger partial charge < -0.3 is 4.74 Å². The third-order valence-electron chi connectivity index (χ3n) is 2.70. The van der Waals surface area contributed by atoms with Crippen molar-refractivity contribution in [2.45, 2.75) is 32.4 Å². The van der Waals surface area contributed by atoms with Gasteiger partial charge in [0.25, 0.3) is 0 Å². The van der Waals surface area contributed by atoms with Crippen LogP contribution >= 0.6 is 0 Å². The summed E-state index contributed by atoms with van der Waals surface area (Å²) in [6.45, 7) is 4.66. The third-order valence-corrected chi connectivity index (χ3v) is 2.70. The van der Waals surface area contributed by atoms with E-state index in [1.807, 2.05) is 0 Å². The molecule has 17 heavy (non-hydrogen) atoms. The van der Waals surface area contributed by atoms with E-state index in [0.29, 0.717) is 0 Å². The highest BCUT2D eigenvalue weighted by Crippen LogP contribution is 2.31. The van der Waals surface area contributed by atoms with Crippen LogP contribution in [-0.2, 0) is 14.9 Å². The molecule has 1 atom stereocenters. The topological polar surface area (TPSA) is 26.3 Å². The number of hydrogen-bond donors (Lipinski definition) is 0. The van der Waals surface area contributed by atoms with Crippen molar-refractivity contribution in [1.82, 2.24) is 0 Å². The molecule has 0 heterocycles. The molecule has 0 aliphatic carbocycles. The zero-order valence-electron chi connectivity index (χ0n) is 10.2. The quantitative estimate of drug-likeness (QED) is 0.759. The molecule has 0 spiro atoms. The van der Waals surface area contributed by atoms with Gasteiger partial charge in [-0.3, -0.25) is 0 Å². The first-order chi connectivity index (χ1) is 7.91. The molecular formula is C13H16F2O2. The largest absolute Gasteiger partial charge is 0.464 e. The van der Waals surface area contributed by atoms with E-state index in [4.69, 9.17) is 0 Å². The van der Waals surface area contributed by atoms with Gasteiger partial charge in [0.2, 0.25) is 6.17 Å². The normalized spacial score (nSPS) is 13.2. The van der Waals surface area contributed by atoms with Gasteiger partial charge in [0.1, 0.15) is 5.82 Å². The van der Waals surface area contributed by atoms with Gasteiger partial charge >= 0.3 is 5.97 Å². The van der Waals surface area contributed by atoms with Crippen LogP contribution in [0.4, 0.5) is 8.78 Å². The summed E-state index contributed by atoms with van der Waals surface area (Å²) in [4.78, 5) is 11.4. The van der Waals surface area contributed by atoms with Gasteiger partial charge in [0.05, 0.1) is 6.61 Å². The molecule has 1 aromatic carbocycles. The Bertz CT molecular complexity index is 402. The average Bonchev–Trinajstić information content (AvgIpc) is 2.28. The lowest BCUT2D eigenvalue weighted by molar-refractivity contribution is -0.151. The lowest BCUT2D eigenvalue weighted by Gasteiger charge is -2.28. The predicted molar refractivity (Wildman–Crippen MR) is 61.0 cm³/mol. The maximum absolute atomic E-state index is 14.0. The molecule has 0 saturated heterocycles. The van der Waals surface area contributed by atoms with Crippen LogP contribution in [0.2, 0.25) is 0 Å². The molecule has 0 bridgehead atoms. The second kappa shape index (κ2) is 5.25. The van der Waals surface area contributed by atoms with Crippen molar-refractivity contribution in [2.75, 3.05) is 6.61 Å². The number of halogens is 2. The molecule has 0 radical (unpaired) electrons. The zero-order valence-corrected chi connectivity index (χ0v) is 10.2. The van der Waals surface area contributed by atoms with Crippen LogP contribution in [0.1, 0.15) is 26.3 Å². The second-order valence-electron chi connectivity index (χ2n) is 4.32. The van der Waals surface area contributed by atoms with Gasteiger partial charge in [-0.15, -0.1) is 0 Å². The molecule has 0 aliphatic heterocycles. The Morgan fingerprint density at radius 3 is 2.53 bits per heavy atom. The van der Waals surface area contributed by atoms with Gasteiger partial charge in [0, 0.05) is 5.41 Å². The first-order valence-corrected chi connectivity index (χ1v) is 5.47. The summed E-state index contributed by atoms with van der Waals surface area (Å²) in [6.07, 6.45) is -1.89. The summed E-state index contributed by atoms with van der Waals surface area (Å²) < 4.78 is 32.2. The minimum atomic E-state index is -1.89. The molecule has 0 saturated carbocycles. The van der Waals surface area contributed by atoms with Crippen molar-refractivity contribution in [3.05, 3.63) is 35.6 Å². The molecule has 2 nitrogen and oxygen atoms in total. The zero-order chi connectivity index (χ0) is 13.1. The monoisotopic (exact) mass is 242 g/mol. The second-order valence-corrected chi connectivity index (χ2v) is 4.32. The summed E-state index contributed by atoms with van der Waals surface area (Å²) >= 11 is 0. The standard InChI is InChI=1S/C13H16F2O2/c1-4-17-12(16)11(15)13(2,3)9-7-5-6-8-10(9)14/h5-8,11H,4H2,1-3H3/t11-/m0/s1. The Morgan fingerprint density at radius 1 is 1.41 bits per heavy atom. The molecular weight excluding hydrogens is 226 g/mol. The van der Waals surface area contributed by atoms with Crippen LogP contribution < -0.4 is 0 Å². The minimum Gasteiger partial charge on any atom is -0.464 e. The van der Waals surface area contributed by atoms with Gasteiger partial charge in [-0.1, -0.05) is 32.0 Å². The van der Waals surface area contributed by atoms with Crippen molar-refractivity contribution in [2.24, 2.45) is 0 Å². The molecule has 0 amide bonds. The third kappa shape index (κ3) is 2.81. The maximum atomic E-state index is 14.0. The van der Waals surface area contributed by atoms with Crippen LogP contribution in [-0.4, -0.2) is 18.7 Å². The minimum absolute atomic E-state index is 0.104. The molecule has 94 valence electrons. The highest BCUT2D eigenvalue weighted by atomic mass is 19.1. The number of esters is 1. The molecule has 1 rings (SSSR count). The lowest BCUT2D eigenvalue weighted by Crippen LogP contribution is -2.38. The van der Waals surface area contributed by atoms with E-state index in [-0.39, 0.29) is 12.2 Å². The van der Waals surface area contributed by atoms with E-state index < -0.39 is 23.4 Å². The number of ether oxygens (including phenoxy) is 1. The first kappa shape index (κ1) is 13.6. The number of carbonyl (C=O) groups is 1. The Kier molecular flexibility index (Phi) is 4.21. The Morgan fingerprint density at radius 2 is 2.00 bits per heavy atom. The number of alkyl halides is 1. The SMILES string of the molecule is CCOC(=O)[C@H](F)C(C)(C)c1ccccc1F. The molecule has 0 aromatic heterocycles. The smallest absolute Gasteiger partial charge is 0.341 e. The molecule has 0 fully saturated rings. The molecule has 0 N–H and O–H groups in total. The molecule has 1 aromatic rings. The van der Waals surface area contributed by atoms with E-state index in [9.17, 15) is 13.6 Å². The predicted octanol–water partition coefficient (Wildman–Crippen LogP) is 3.00. The number of carbonyl (C=O) groups excluding carboxylic acids is 1. The van der Waals surface area contributed by atoms with E-state index >= 15 is 0 Å². The van der Waals surface area contributed by atoms with Crippen LogP contribution in [0.3, 0.4) is 0 Å². The highest BCUT2D eigenvalue weighted by Gasteiger charge is 2.39. The van der Waals surface area contributed by atoms with Crippen LogP contribution in [0.15, 0.2) is 24.3 Å². The van der Waals surface area contributed by atoms with Crippen molar-refractivity contribution in [3.63, 3.8) is 0 Å². The Labute approximate surface area is 99.6 Å². The first-order valence-electron chi connectivity index (χ1n) is 5.47. The molecule has 4 heteroatoms. The number of rotatable bonds is 4. The van der Waals surface area contributed by atoms with Gasteiger partial charge in [-0.25, -0.2) is 13.6 Å². The van der Waals surface area contributed by atoms with Crippen LogP contribution in [0.5, 0.6) is 0 Å². The summed E-state index contributed by atoms with van der Waals surface area (Å²) in [5, 5.41) is 0. The summed E-state index contributed by atoms with van der Waals surface area (Å²) in [7, 11) is 0. The number of benzene rings is 1. The summed E-state index contributed by atoms with van der Waals surface area (Å²) in [5.74, 6) is -1.48. The van der Waals surface area contributed by atoms with Gasteiger partial charge in [0.15, 0.2) is 0 Å². The van der Waals surface area contributed by atoms with Crippen LogP contribution in [0, 0.1) is 5.82 Å². The fourth-order valence-electron chi connectivity index (χ4n) is 1.63. The van der Waals surface area contributed by atoms with Gasteiger partial charge in [-0.05, 0) is 18.6 Å². The van der Waals surface area contributed by atoms with E-state index in [2.05, 4.69) is 4.74 Å². The van der Waals surface area contributed by atoms with E-state index in [1.165, 1.54) is 32.0 Å². The average molecular weight is 242 g/mol. The fourth-order valence-corrected chi connectivity index (χ4v) is 1.63. The Hall–Kier alpha value is -1.45. The van der Waals surface area contributed by atoms with Crippen molar-refractivity contribution < 1.29 is 18.3 Å². The number of hydrogen-bond acceptors (Lipinski definition) is 2.